The number of rotatable bonds is 20. The van der Waals surface area contributed by atoms with Crippen molar-refractivity contribution >= 4 is 77.0 Å². The summed E-state index contributed by atoms with van der Waals surface area (Å²) in [5.74, 6) is -13.7. The summed E-state index contributed by atoms with van der Waals surface area (Å²) < 4.78 is 164. The van der Waals surface area contributed by atoms with Crippen molar-refractivity contribution in [2.24, 2.45) is 0 Å². The fourth-order valence-corrected chi connectivity index (χ4v) is 11.0. The van der Waals surface area contributed by atoms with Crippen LogP contribution in [0, 0.1) is 0 Å². The summed E-state index contributed by atoms with van der Waals surface area (Å²) in [4.78, 5) is 79.6. The van der Waals surface area contributed by atoms with Crippen molar-refractivity contribution in [3.8, 4) is 0 Å². The predicted molar refractivity (Wildman–Crippen MR) is 283 cm³/mol. The van der Waals surface area contributed by atoms with Crippen molar-refractivity contribution in [1.82, 2.24) is 0 Å². The Morgan fingerprint density at radius 2 is 0.762 bits per heavy atom. The topological polar surface area (TPSA) is 584 Å². The molecule has 494 valence electrons. The van der Waals surface area contributed by atoms with Crippen LogP contribution in [0.2, 0.25) is 0 Å². The Morgan fingerprint density at radius 1 is 0.452 bits per heavy atom. The van der Waals surface area contributed by atoms with Gasteiger partial charge in [-0.1, -0.05) is 0 Å². The molecule has 1 aliphatic rings. The molecule has 84 heavy (non-hydrogen) atoms. The zero-order valence-electron chi connectivity index (χ0n) is 46.3. The van der Waals surface area contributed by atoms with Crippen LogP contribution in [0.3, 0.4) is 0 Å². The van der Waals surface area contributed by atoms with Crippen LogP contribution in [0.1, 0.15) is 130 Å². The zero-order valence-corrected chi connectivity index (χ0v) is 49.5. The molecule has 0 aliphatic carbocycles. The van der Waals surface area contributed by atoms with Gasteiger partial charge in [-0.3, -0.25) is 42.4 Å². The highest BCUT2D eigenvalue weighted by molar-refractivity contribution is 8.19. The maximum Gasteiger partial charge on any atom is 0.327 e. The van der Waals surface area contributed by atoms with E-state index in [0.717, 1.165) is 13.8 Å². The number of carbonyl (C=O) groups is 6. The lowest BCUT2D eigenvalue weighted by Gasteiger charge is -2.29. The van der Waals surface area contributed by atoms with Gasteiger partial charge in [0.2, 0.25) is 0 Å². The minimum absolute atomic E-state index is 0.403. The van der Waals surface area contributed by atoms with Crippen molar-refractivity contribution in [1.29, 1.82) is 0 Å². The lowest BCUT2D eigenvalue weighted by Crippen LogP contribution is -2.40. The number of aliphatic hydroxyl groups is 10. The minimum Gasteiger partial charge on any atom is -0.462 e. The molecule has 1 saturated heterocycles. The van der Waals surface area contributed by atoms with Gasteiger partial charge in [0.25, 0.3) is 30.4 Å². The van der Waals surface area contributed by atoms with E-state index in [1.807, 2.05) is 0 Å². The molecule has 0 amide bonds. The summed E-state index contributed by atoms with van der Waals surface area (Å²) in [5, 5.41) is 101. The van der Waals surface area contributed by atoms with Crippen molar-refractivity contribution in [2.45, 2.75) is 239 Å². The van der Waals surface area contributed by atoms with Gasteiger partial charge in [-0.25, -0.2) is 0 Å². The van der Waals surface area contributed by atoms with E-state index in [0.29, 0.717) is 0 Å². The van der Waals surface area contributed by atoms with E-state index in [1.54, 1.807) is 0 Å². The highest BCUT2D eigenvalue weighted by Crippen LogP contribution is 2.33. The summed E-state index contributed by atoms with van der Waals surface area (Å²) >= 11 is 0. The Hall–Kier alpha value is -3.62. The number of hydrogen-bond acceptors (Lipinski definition) is 31. The summed E-state index contributed by atoms with van der Waals surface area (Å²) in [5.41, 5.74) is 0. The summed E-state index contributed by atoms with van der Waals surface area (Å²) in [6.45, 7) is 4.73. The first-order valence-electron chi connectivity index (χ1n) is 26.1. The molecule has 1 fully saturated rings. The first-order valence-corrected chi connectivity index (χ1v) is 32.4. The molecule has 18 atom stereocenters. The second kappa shape index (κ2) is 36.0. The van der Waals surface area contributed by atoms with Gasteiger partial charge in [-0.15, -0.1) is 0 Å². The molecule has 38 heteroatoms. The number of esters is 6. The molecule has 0 saturated carbocycles. The summed E-state index contributed by atoms with van der Waals surface area (Å²) in [6.07, 6.45) is -40.5. The second-order valence-electron chi connectivity index (χ2n) is 21.1. The third-order valence-electron chi connectivity index (χ3n) is 12.1. The molecule has 0 radical (unpaired) electrons. The molecule has 0 spiro atoms. The van der Waals surface area contributed by atoms with Crippen LogP contribution in [-0.2, 0) is 87.5 Å². The Morgan fingerprint density at radius 3 is 1.10 bits per heavy atom. The van der Waals surface area contributed by atoms with Gasteiger partial charge in [-0.05, 0) is 47.0 Å². The van der Waals surface area contributed by atoms with E-state index < -0.39 is 299 Å². The number of carbonyl (C=O) groups excluding carboxylic acids is 6. The van der Waals surface area contributed by atoms with E-state index in [9.17, 15) is 132 Å². The van der Waals surface area contributed by atoms with Crippen LogP contribution >= 0.6 is 10.9 Å². The molecule has 0 aromatic heterocycles. The molecule has 0 bridgehead atoms. The van der Waals surface area contributed by atoms with Gasteiger partial charge in [0.05, 0.1) is 84.8 Å². The number of hydrogen-bond donors (Lipinski definition) is 16. The highest BCUT2D eigenvalue weighted by atomic mass is 32.3. The fourth-order valence-electron chi connectivity index (χ4n) is 8.93. The molecule has 18 unspecified atom stereocenters. The Balaban J connectivity index is 4.16. The lowest BCUT2D eigenvalue weighted by molar-refractivity contribution is -0.161. The van der Waals surface area contributed by atoms with Gasteiger partial charge in [0, 0.05) is 70.6 Å². The van der Waals surface area contributed by atoms with E-state index in [4.69, 9.17) is 28.4 Å². The van der Waals surface area contributed by atoms with Crippen LogP contribution in [-0.4, -0.2) is 259 Å². The average Bonchev–Trinajstić information content (AvgIpc) is 3.40. The van der Waals surface area contributed by atoms with Crippen molar-refractivity contribution in [3.05, 3.63) is 0 Å². The molecule has 1 aliphatic heterocycles. The van der Waals surface area contributed by atoms with Crippen molar-refractivity contribution < 1.29 is 161 Å². The van der Waals surface area contributed by atoms with E-state index in [1.165, 1.54) is 13.8 Å². The monoisotopic (exact) mass is 1310 g/mol. The van der Waals surface area contributed by atoms with E-state index in [-0.39, 0.29) is 0 Å². The maximum absolute atomic E-state index is 13.7. The molecule has 0 aromatic carbocycles. The van der Waals surface area contributed by atoms with Gasteiger partial charge in [-0.2, -0.15) is 25.3 Å². The molecular formula is C46H82O34S4. The minimum atomic E-state index is -5.70. The summed E-state index contributed by atoms with van der Waals surface area (Å²) in [7, 11) is -21.1. The lowest BCUT2D eigenvalue weighted by atomic mass is 9.95. The van der Waals surface area contributed by atoms with Crippen LogP contribution in [0.25, 0.3) is 0 Å². The highest BCUT2D eigenvalue weighted by Gasteiger charge is 2.41. The quantitative estimate of drug-likeness (QED) is 0.0329. The predicted octanol–water partition coefficient (Wildman–Crippen LogP) is -2.97. The Labute approximate surface area is 486 Å². The Bertz CT molecular complexity index is 2410. The van der Waals surface area contributed by atoms with Crippen LogP contribution in [0.15, 0.2) is 0 Å². The largest absolute Gasteiger partial charge is 0.462 e. The smallest absolute Gasteiger partial charge is 0.327 e. The number of aliphatic hydroxyl groups excluding tert-OH is 10. The molecule has 34 nitrogen and oxygen atoms in total. The number of cyclic esters (lactones) is 4. The first kappa shape index (κ1) is 78.4. The summed E-state index contributed by atoms with van der Waals surface area (Å²) in [6, 6.07) is 0. The van der Waals surface area contributed by atoms with Crippen LogP contribution in [0.4, 0.5) is 0 Å². The van der Waals surface area contributed by atoms with Crippen molar-refractivity contribution in [3.63, 3.8) is 0 Å². The molecule has 0 aromatic rings. The van der Waals surface area contributed by atoms with Crippen LogP contribution in [0.5, 0.6) is 0 Å². The standard InChI is InChI=1S/C46H82O34S4/c1-23(47)5-27(51)10-35-12-29(53)9-30(54)13-38(78-44(60)22-82(66,67)68)18-34(8-26(4)50)75-41(57)19-39(83(69,70)71)45(61)79-33(7-25(3)49)14-31(55)15-36(77-43(59)21-81(63,64)65)16-32(56)17-37(11-28(52)6-24(2)48)80-46(62)40(84(72,73)74)20-42(58)76-35/h23-40,47-56,63-65H,5-22H2,1-4H3,(H,66,67,68)(H,69,70,71)(H,72,73,74). The average molecular weight is 1310 g/mol. The van der Waals surface area contributed by atoms with Gasteiger partial charge in [0.1, 0.15) is 42.4 Å². The van der Waals surface area contributed by atoms with Crippen molar-refractivity contribution in [2.75, 3.05) is 11.5 Å². The third-order valence-corrected chi connectivity index (χ3v) is 15.5. The molecule has 16 N–H and O–H groups in total. The molecule has 1 rings (SSSR count). The normalized spacial score (nSPS) is 29.9. The fraction of sp³-hybridized carbons (Fsp3) is 0.870. The van der Waals surface area contributed by atoms with Gasteiger partial charge in [0.15, 0.2) is 16.3 Å². The van der Waals surface area contributed by atoms with Gasteiger partial charge >= 0.3 is 35.8 Å². The maximum atomic E-state index is 13.7. The third kappa shape index (κ3) is 35.9. The first-order chi connectivity index (χ1) is 38.3. The SMILES string of the molecule is CC(O)CC(O)CC1CC(O)CC(O)CC(OC(=O)CS(=O)(=O)O)CC(CC(C)O)OC(=O)CC(S(=O)(=O)O)C(=O)OC(CC(C)O)CC(O)CC(OC(=O)CS(O)(O)O)CC(O)CC(CC(O)CC(C)O)OC(=O)C(S(=O)(=O)O)CC(=O)O1. The van der Waals surface area contributed by atoms with E-state index >= 15 is 0 Å². The molecule has 1 heterocycles. The van der Waals surface area contributed by atoms with Crippen LogP contribution < -0.4 is 0 Å². The molecular weight excluding hydrogens is 1220 g/mol. The Kier molecular flexibility index (Phi) is 33.6. The van der Waals surface area contributed by atoms with Gasteiger partial charge < -0.3 is 93.1 Å². The van der Waals surface area contributed by atoms with E-state index in [2.05, 4.69) is 0 Å². The number of ether oxygens (including phenoxy) is 6. The zero-order chi connectivity index (χ0) is 64.8. The second-order valence-corrected chi connectivity index (χ2v) is 27.3.